The summed E-state index contributed by atoms with van der Waals surface area (Å²) in [5.74, 6) is 0. The highest BCUT2D eigenvalue weighted by Gasteiger charge is 2.21. The highest BCUT2D eigenvalue weighted by Crippen LogP contribution is 2.46. The predicted molar refractivity (Wildman–Crippen MR) is 216 cm³/mol. The van der Waals surface area contributed by atoms with Crippen molar-refractivity contribution in [1.82, 2.24) is 0 Å². The van der Waals surface area contributed by atoms with Crippen molar-refractivity contribution in [3.8, 4) is 55.6 Å². The Morgan fingerprint density at radius 1 is 0.255 bits per heavy atom. The van der Waals surface area contributed by atoms with E-state index in [1.54, 1.807) is 0 Å². The first kappa shape index (κ1) is 29.2. The molecular weight excluding hydrogens is 617 g/mol. The Labute approximate surface area is 296 Å². The van der Waals surface area contributed by atoms with Crippen molar-refractivity contribution in [2.45, 2.75) is 0 Å². The van der Waals surface area contributed by atoms with E-state index in [0.717, 1.165) is 38.6 Å². The van der Waals surface area contributed by atoms with Crippen molar-refractivity contribution in [1.29, 1.82) is 0 Å². The Morgan fingerprint density at radius 3 is 1.43 bits per heavy atom. The van der Waals surface area contributed by atoms with Gasteiger partial charge in [0.25, 0.3) is 0 Å². The monoisotopic (exact) mass is 648 g/mol. The number of benzene rings is 9. The first-order chi connectivity index (χ1) is 25.3. The van der Waals surface area contributed by atoms with Crippen molar-refractivity contribution in [3.05, 3.63) is 194 Å². The van der Waals surface area contributed by atoms with Crippen LogP contribution in [0.3, 0.4) is 0 Å². The van der Waals surface area contributed by atoms with Crippen LogP contribution in [0.15, 0.2) is 199 Å². The molecule has 51 heavy (non-hydrogen) atoms. The molecule has 10 rings (SSSR count). The average Bonchev–Trinajstić information content (AvgIpc) is 3.61. The summed E-state index contributed by atoms with van der Waals surface area (Å²) in [6.07, 6.45) is 0. The summed E-state index contributed by atoms with van der Waals surface area (Å²) < 4.78 is 7.19. The van der Waals surface area contributed by atoms with Gasteiger partial charge in [0.05, 0.1) is 0 Å². The summed E-state index contributed by atoms with van der Waals surface area (Å²) in [5.41, 5.74) is 13.5. The molecule has 0 aliphatic carbocycles. The average molecular weight is 649 g/mol. The van der Waals surface area contributed by atoms with Crippen molar-refractivity contribution in [3.63, 3.8) is 0 Å². The Morgan fingerprint density at radius 2 is 0.765 bits per heavy atom. The van der Waals surface area contributed by atoms with Gasteiger partial charge in [-0.1, -0.05) is 170 Å². The van der Waals surface area contributed by atoms with Crippen LogP contribution >= 0.6 is 0 Å². The summed E-state index contributed by atoms with van der Waals surface area (Å²) >= 11 is 0. The zero-order valence-corrected chi connectivity index (χ0v) is 27.9. The summed E-state index contributed by atoms with van der Waals surface area (Å²) in [7, 11) is 0. The molecule has 0 saturated carbocycles. The van der Waals surface area contributed by atoms with Crippen molar-refractivity contribution in [2.75, 3.05) is 0 Å². The lowest BCUT2D eigenvalue weighted by Gasteiger charge is -2.13. The van der Waals surface area contributed by atoms with Gasteiger partial charge >= 0.3 is 0 Å². The van der Waals surface area contributed by atoms with E-state index in [-0.39, 0.29) is 0 Å². The highest BCUT2D eigenvalue weighted by atomic mass is 16.3. The number of furan rings is 1. The number of hydrogen-bond donors (Lipinski definition) is 0. The third kappa shape index (κ3) is 4.94. The number of hydrogen-bond acceptors (Lipinski definition) is 1. The SMILES string of the molecule is c1ccc(-c2cc(-c3ccccc3)cc(-c3cc4ccccc4c4c3oc3c(-c5ccc(-c6ccccc6)c6ccccc56)cccc34)c2)cc1. The topological polar surface area (TPSA) is 13.1 Å². The van der Waals surface area contributed by atoms with Crippen molar-refractivity contribution < 1.29 is 4.42 Å². The summed E-state index contributed by atoms with van der Waals surface area (Å²) in [4.78, 5) is 0. The van der Waals surface area contributed by atoms with E-state index in [4.69, 9.17) is 4.42 Å². The Kier molecular flexibility index (Phi) is 6.89. The van der Waals surface area contributed by atoms with E-state index in [9.17, 15) is 0 Å². The van der Waals surface area contributed by atoms with E-state index >= 15 is 0 Å². The van der Waals surface area contributed by atoms with Gasteiger partial charge < -0.3 is 4.42 Å². The minimum Gasteiger partial charge on any atom is -0.455 e. The van der Waals surface area contributed by atoms with Gasteiger partial charge in [-0.3, -0.25) is 0 Å². The first-order valence-electron chi connectivity index (χ1n) is 17.5. The summed E-state index contributed by atoms with van der Waals surface area (Å²) in [6.45, 7) is 0. The third-order valence-electron chi connectivity index (χ3n) is 10.2. The van der Waals surface area contributed by atoms with Gasteiger partial charge in [0.15, 0.2) is 0 Å². The fourth-order valence-corrected chi connectivity index (χ4v) is 7.86. The minimum atomic E-state index is 0.908. The lowest BCUT2D eigenvalue weighted by Crippen LogP contribution is -1.87. The van der Waals surface area contributed by atoms with Crippen LogP contribution in [0.1, 0.15) is 0 Å². The second-order valence-corrected chi connectivity index (χ2v) is 13.2. The molecule has 1 aromatic heterocycles. The smallest absolute Gasteiger partial charge is 0.143 e. The van der Waals surface area contributed by atoms with Crippen LogP contribution in [-0.2, 0) is 0 Å². The zero-order valence-electron chi connectivity index (χ0n) is 27.9. The Bertz CT molecular complexity index is 2820. The van der Waals surface area contributed by atoms with Gasteiger partial charge in [0.1, 0.15) is 11.2 Å². The quantitative estimate of drug-likeness (QED) is 0.181. The van der Waals surface area contributed by atoms with E-state index < -0.39 is 0 Å². The molecule has 1 nitrogen and oxygen atoms in total. The van der Waals surface area contributed by atoms with Gasteiger partial charge in [0.2, 0.25) is 0 Å². The van der Waals surface area contributed by atoms with E-state index in [2.05, 4.69) is 194 Å². The van der Waals surface area contributed by atoms with Crippen LogP contribution in [0.4, 0.5) is 0 Å². The van der Waals surface area contributed by atoms with E-state index in [1.807, 2.05) is 0 Å². The fraction of sp³-hybridized carbons (Fsp3) is 0. The Balaban J connectivity index is 1.26. The number of rotatable bonds is 5. The highest BCUT2D eigenvalue weighted by molar-refractivity contribution is 6.24. The normalized spacial score (nSPS) is 11.5. The molecule has 0 spiro atoms. The number of fused-ring (bicyclic) bond motifs is 6. The maximum atomic E-state index is 7.19. The van der Waals surface area contributed by atoms with Gasteiger partial charge in [-0.25, -0.2) is 0 Å². The van der Waals surface area contributed by atoms with E-state index in [0.29, 0.717) is 0 Å². The molecule has 0 fully saturated rings. The Hall–Kier alpha value is -6.70. The van der Waals surface area contributed by atoms with Crippen LogP contribution in [0.5, 0.6) is 0 Å². The molecule has 0 bridgehead atoms. The molecule has 0 amide bonds. The first-order valence-corrected chi connectivity index (χ1v) is 17.5. The van der Waals surface area contributed by atoms with Gasteiger partial charge in [0, 0.05) is 21.9 Å². The summed E-state index contributed by atoms with van der Waals surface area (Å²) in [5, 5.41) is 7.10. The molecular formula is C50H32O. The molecule has 0 radical (unpaired) electrons. The lowest BCUT2D eigenvalue weighted by atomic mass is 9.90. The standard InChI is InChI=1S/C50H32O/c1-4-15-33(16-5-1)37-29-38(34-17-6-2-7-18-34)31-39(30-37)47-32-36-21-10-11-22-41(36)48-46-26-14-25-45(49(46)51-50(47)48)44-28-27-40(35-19-8-3-9-20-35)42-23-12-13-24-43(42)44/h1-32H. The molecule has 1 heteroatoms. The van der Waals surface area contributed by atoms with Crippen LogP contribution in [0.25, 0.3) is 99.1 Å². The van der Waals surface area contributed by atoms with Crippen molar-refractivity contribution in [2.24, 2.45) is 0 Å². The molecule has 9 aromatic carbocycles. The lowest BCUT2D eigenvalue weighted by molar-refractivity contribution is 0.671. The van der Waals surface area contributed by atoms with Crippen LogP contribution in [-0.4, -0.2) is 0 Å². The summed E-state index contributed by atoms with van der Waals surface area (Å²) in [6, 6.07) is 69.8. The maximum Gasteiger partial charge on any atom is 0.143 e. The molecule has 238 valence electrons. The molecule has 10 aromatic rings. The van der Waals surface area contributed by atoms with Crippen LogP contribution < -0.4 is 0 Å². The minimum absolute atomic E-state index is 0.908. The molecule has 0 aliphatic rings. The molecule has 0 atom stereocenters. The molecule has 0 unspecified atom stereocenters. The predicted octanol–water partition coefficient (Wildman–Crippen LogP) is 14.2. The number of para-hydroxylation sites is 1. The zero-order chi connectivity index (χ0) is 33.7. The van der Waals surface area contributed by atoms with Gasteiger partial charge in [-0.05, 0) is 90.3 Å². The van der Waals surface area contributed by atoms with Crippen LogP contribution in [0.2, 0.25) is 0 Å². The molecule has 1 heterocycles. The second-order valence-electron chi connectivity index (χ2n) is 13.2. The second kappa shape index (κ2) is 12.0. The largest absolute Gasteiger partial charge is 0.455 e. The maximum absolute atomic E-state index is 7.19. The molecule has 0 saturated heterocycles. The van der Waals surface area contributed by atoms with Crippen LogP contribution in [0, 0.1) is 0 Å². The van der Waals surface area contributed by atoms with Gasteiger partial charge in [-0.2, -0.15) is 0 Å². The van der Waals surface area contributed by atoms with Gasteiger partial charge in [-0.15, -0.1) is 0 Å². The van der Waals surface area contributed by atoms with Crippen molar-refractivity contribution >= 4 is 43.5 Å². The molecule has 0 N–H and O–H groups in total. The van der Waals surface area contributed by atoms with E-state index in [1.165, 1.54) is 60.5 Å². The third-order valence-corrected chi connectivity index (χ3v) is 10.2. The fourth-order valence-electron chi connectivity index (χ4n) is 7.86. The molecule has 0 aliphatic heterocycles.